The predicted octanol–water partition coefficient (Wildman–Crippen LogP) is 3.02. The second kappa shape index (κ2) is 15.1. The zero-order chi connectivity index (χ0) is 30.8. The van der Waals surface area contributed by atoms with Gasteiger partial charge >= 0.3 is 5.97 Å². The van der Waals surface area contributed by atoms with Crippen molar-refractivity contribution in [1.29, 1.82) is 0 Å². The Labute approximate surface area is 255 Å². The Bertz CT molecular complexity index is 1230. The van der Waals surface area contributed by atoms with Crippen LogP contribution in [-0.2, 0) is 36.8 Å². The molecule has 2 fully saturated rings. The van der Waals surface area contributed by atoms with E-state index in [1.807, 2.05) is 74.5 Å². The minimum atomic E-state index is -1.17. The van der Waals surface area contributed by atoms with Crippen molar-refractivity contribution in [3.05, 3.63) is 71.8 Å². The summed E-state index contributed by atoms with van der Waals surface area (Å²) >= 11 is 0. The number of carbonyl (C=O) groups excluding carboxylic acids is 4. The molecule has 2 aromatic rings. The number of amides is 3. The molecule has 43 heavy (non-hydrogen) atoms. The maximum Gasteiger partial charge on any atom is 0.328 e. The Hall–Kier alpha value is -3.72. The average Bonchev–Trinajstić information content (AvgIpc) is 3.75. The van der Waals surface area contributed by atoms with Crippen LogP contribution in [0.5, 0.6) is 0 Å². The van der Waals surface area contributed by atoms with E-state index in [-0.39, 0.29) is 36.6 Å². The highest BCUT2D eigenvalue weighted by molar-refractivity contribution is 5.98. The van der Waals surface area contributed by atoms with Gasteiger partial charge in [-0.3, -0.25) is 19.3 Å². The number of hydrogen-bond donors (Lipinski definition) is 3. The lowest BCUT2D eigenvalue weighted by molar-refractivity contribution is -0.145. The third-order valence-electron chi connectivity index (χ3n) is 8.68. The topological polar surface area (TPSA) is 117 Å². The van der Waals surface area contributed by atoms with E-state index >= 15 is 0 Å². The summed E-state index contributed by atoms with van der Waals surface area (Å²) in [5.41, 5.74) is 0.771. The second-order valence-corrected chi connectivity index (χ2v) is 12.2. The van der Waals surface area contributed by atoms with Crippen molar-refractivity contribution in [3.63, 3.8) is 0 Å². The van der Waals surface area contributed by atoms with Gasteiger partial charge in [-0.2, -0.15) is 0 Å². The van der Waals surface area contributed by atoms with E-state index in [4.69, 9.17) is 4.74 Å². The van der Waals surface area contributed by atoms with Crippen molar-refractivity contribution in [2.45, 2.75) is 76.4 Å². The maximum atomic E-state index is 13.9. The van der Waals surface area contributed by atoms with E-state index < -0.39 is 29.5 Å². The maximum absolute atomic E-state index is 13.9. The van der Waals surface area contributed by atoms with Crippen molar-refractivity contribution in [2.24, 2.45) is 11.8 Å². The number of carbonyl (C=O) groups is 4. The SMILES string of the molecule is COC(=O)[C@H](Cc1ccccc1)NC(=O)C1(NC(=O)[C@H](CCc2ccccc2)NC(=O)CN2CCCCC2)CC1C(C)C. The third kappa shape index (κ3) is 8.89. The molecule has 0 aromatic heterocycles. The number of ether oxygens (including phenoxy) is 1. The zero-order valence-electron chi connectivity index (χ0n) is 25.6. The molecule has 232 valence electrons. The lowest BCUT2D eigenvalue weighted by atomic mass is 10.00. The largest absolute Gasteiger partial charge is 0.467 e. The predicted molar refractivity (Wildman–Crippen MR) is 165 cm³/mol. The molecule has 4 atom stereocenters. The molecule has 0 spiro atoms. The number of aryl methyl sites for hydroxylation is 1. The lowest BCUT2D eigenvalue weighted by Gasteiger charge is -2.28. The summed E-state index contributed by atoms with van der Waals surface area (Å²) in [6.07, 6.45) is 5.01. The highest BCUT2D eigenvalue weighted by Gasteiger charge is 2.62. The number of methoxy groups -OCH3 is 1. The summed E-state index contributed by atoms with van der Waals surface area (Å²) < 4.78 is 5.00. The van der Waals surface area contributed by atoms with Crippen LogP contribution < -0.4 is 16.0 Å². The third-order valence-corrected chi connectivity index (χ3v) is 8.68. The number of hydrogen-bond acceptors (Lipinski definition) is 6. The number of piperidine rings is 1. The van der Waals surface area contributed by atoms with Crippen LogP contribution in [0, 0.1) is 11.8 Å². The first-order valence-electron chi connectivity index (χ1n) is 15.5. The van der Waals surface area contributed by atoms with Crippen LogP contribution >= 0.6 is 0 Å². The quantitative estimate of drug-likeness (QED) is 0.291. The van der Waals surface area contributed by atoms with Gasteiger partial charge in [0.2, 0.25) is 17.7 Å². The zero-order valence-corrected chi connectivity index (χ0v) is 25.6. The Kier molecular flexibility index (Phi) is 11.3. The van der Waals surface area contributed by atoms with Crippen LogP contribution in [0.4, 0.5) is 0 Å². The van der Waals surface area contributed by atoms with Gasteiger partial charge in [-0.05, 0) is 68.2 Å². The van der Waals surface area contributed by atoms with E-state index in [0.717, 1.165) is 37.1 Å². The molecule has 3 N–H and O–H groups in total. The number of esters is 1. The molecule has 9 nitrogen and oxygen atoms in total. The van der Waals surface area contributed by atoms with Crippen LogP contribution in [0.2, 0.25) is 0 Å². The van der Waals surface area contributed by atoms with Crippen LogP contribution in [0.15, 0.2) is 60.7 Å². The van der Waals surface area contributed by atoms with Gasteiger partial charge in [0.15, 0.2) is 0 Å². The number of likely N-dealkylation sites (tertiary alicyclic amines) is 1. The molecule has 9 heteroatoms. The van der Waals surface area contributed by atoms with Gasteiger partial charge in [-0.1, -0.05) is 80.9 Å². The molecule has 1 aliphatic carbocycles. The van der Waals surface area contributed by atoms with Gasteiger partial charge in [-0.25, -0.2) is 4.79 Å². The van der Waals surface area contributed by atoms with Gasteiger partial charge in [0.05, 0.1) is 13.7 Å². The first kappa shape index (κ1) is 32.2. The van der Waals surface area contributed by atoms with Gasteiger partial charge < -0.3 is 20.7 Å². The summed E-state index contributed by atoms with van der Waals surface area (Å²) in [5.74, 6) is -1.53. The van der Waals surface area contributed by atoms with Crippen molar-refractivity contribution >= 4 is 23.7 Å². The first-order valence-corrected chi connectivity index (χ1v) is 15.5. The monoisotopic (exact) mass is 590 g/mol. The van der Waals surface area contributed by atoms with Gasteiger partial charge in [-0.15, -0.1) is 0 Å². The molecule has 0 bridgehead atoms. The Balaban J connectivity index is 1.49. The number of nitrogens with zero attached hydrogens (tertiary/aromatic N) is 1. The Morgan fingerprint density at radius 1 is 0.884 bits per heavy atom. The molecule has 1 saturated carbocycles. The minimum absolute atomic E-state index is 0.106. The molecule has 0 radical (unpaired) electrons. The molecular formula is C34H46N4O5. The number of rotatable bonds is 14. The van der Waals surface area contributed by atoms with Gasteiger partial charge in [0.25, 0.3) is 0 Å². The fourth-order valence-electron chi connectivity index (χ4n) is 6.12. The summed E-state index contributed by atoms with van der Waals surface area (Å²) in [4.78, 5) is 55.6. The van der Waals surface area contributed by atoms with E-state index in [9.17, 15) is 19.2 Å². The fourth-order valence-corrected chi connectivity index (χ4v) is 6.12. The molecule has 1 aliphatic heterocycles. The van der Waals surface area contributed by atoms with E-state index in [1.54, 1.807) is 0 Å². The summed E-state index contributed by atoms with van der Waals surface area (Å²) in [7, 11) is 1.29. The van der Waals surface area contributed by atoms with Gasteiger partial charge in [0, 0.05) is 6.42 Å². The Morgan fingerprint density at radius 2 is 1.51 bits per heavy atom. The molecule has 3 amide bonds. The van der Waals surface area contributed by atoms with E-state index in [1.165, 1.54) is 13.5 Å². The molecule has 1 heterocycles. The summed E-state index contributed by atoms with van der Waals surface area (Å²) in [6, 6.07) is 17.5. The Morgan fingerprint density at radius 3 is 2.09 bits per heavy atom. The van der Waals surface area contributed by atoms with Crippen molar-refractivity contribution < 1.29 is 23.9 Å². The fraction of sp³-hybridized carbons (Fsp3) is 0.529. The highest BCUT2D eigenvalue weighted by atomic mass is 16.5. The number of nitrogens with one attached hydrogen (secondary N) is 3. The molecule has 4 rings (SSSR count). The van der Waals surface area contributed by atoms with Crippen molar-refractivity contribution in [1.82, 2.24) is 20.9 Å². The van der Waals surface area contributed by atoms with Crippen LogP contribution in [-0.4, -0.2) is 73.0 Å². The van der Waals surface area contributed by atoms with Gasteiger partial charge in [0.1, 0.15) is 17.6 Å². The van der Waals surface area contributed by atoms with Crippen LogP contribution in [0.1, 0.15) is 57.1 Å². The summed E-state index contributed by atoms with van der Waals surface area (Å²) in [6.45, 7) is 6.02. The van der Waals surface area contributed by atoms with E-state index in [2.05, 4.69) is 20.9 Å². The molecular weight excluding hydrogens is 544 g/mol. The molecule has 2 unspecified atom stereocenters. The van der Waals surface area contributed by atoms with Crippen molar-refractivity contribution in [3.8, 4) is 0 Å². The lowest BCUT2D eigenvalue weighted by Crippen LogP contribution is -2.59. The second-order valence-electron chi connectivity index (χ2n) is 12.2. The molecule has 2 aliphatic rings. The standard InChI is InChI=1S/C34H46N4O5/c1-24(2)27-22-34(27,33(42)36-29(32(41)43-3)21-26-15-9-5-10-16-26)37-31(40)28(18-17-25-13-7-4-8-14-25)35-30(39)23-38-19-11-6-12-20-38/h4-5,7-10,13-16,24,27-29H,6,11-12,17-23H2,1-3H3,(H,35,39)(H,36,42)(H,37,40)/t27?,28-,29-,34?/m0/s1. The van der Waals surface area contributed by atoms with E-state index in [0.29, 0.717) is 19.3 Å². The molecule has 2 aromatic carbocycles. The number of benzene rings is 2. The van der Waals surface area contributed by atoms with Crippen LogP contribution in [0.3, 0.4) is 0 Å². The smallest absolute Gasteiger partial charge is 0.328 e. The normalized spacial score (nSPS) is 21.3. The first-order chi connectivity index (χ1) is 20.7. The summed E-state index contributed by atoms with van der Waals surface area (Å²) in [5, 5.41) is 8.89. The molecule has 1 saturated heterocycles. The van der Waals surface area contributed by atoms with Crippen LogP contribution in [0.25, 0.3) is 0 Å². The average molecular weight is 591 g/mol. The minimum Gasteiger partial charge on any atom is -0.467 e. The highest BCUT2D eigenvalue weighted by Crippen LogP contribution is 2.48. The van der Waals surface area contributed by atoms with Crippen molar-refractivity contribution in [2.75, 3.05) is 26.7 Å².